The second-order valence-electron chi connectivity index (χ2n) is 5.70. The Morgan fingerprint density at radius 3 is 2.00 bits per heavy atom. The van der Waals surface area contributed by atoms with Crippen LogP contribution in [0.4, 0.5) is 0 Å². The molecule has 0 saturated heterocycles. The van der Waals surface area contributed by atoms with Gasteiger partial charge >= 0.3 is 11.9 Å². The van der Waals surface area contributed by atoms with E-state index in [1.807, 2.05) is 6.92 Å². The standard InChI is InChI=1S/C16H26O4/c1-4-5-15(17)19-10-13-6-8-14(9-7-13)11-20-16(18)12(2)3/h13-14H,2,4-11H2,1,3H3. The fraction of sp³-hybridized carbons (Fsp3) is 0.750. The molecule has 0 aromatic rings. The van der Waals surface area contributed by atoms with E-state index in [0.29, 0.717) is 37.0 Å². The number of hydrogen-bond acceptors (Lipinski definition) is 4. The lowest BCUT2D eigenvalue weighted by Gasteiger charge is -2.27. The smallest absolute Gasteiger partial charge is 0.333 e. The predicted octanol–water partition coefficient (Wildman–Crippen LogP) is 3.26. The summed E-state index contributed by atoms with van der Waals surface area (Å²) in [5, 5.41) is 0. The molecule has 114 valence electrons. The average molecular weight is 282 g/mol. The van der Waals surface area contributed by atoms with Crippen molar-refractivity contribution in [3.8, 4) is 0 Å². The zero-order valence-corrected chi connectivity index (χ0v) is 12.7. The van der Waals surface area contributed by atoms with Gasteiger partial charge in [0.05, 0.1) is 13.2 Å². The van der Waals surface area contributed by atoms with E-state index >= 15 is 0 Å². The van der Waals surface area contributed by atoms with Crippen molar-refractivity contribution in [2.75, 3.05) is 13.2 Å². The summed E-state index contributed by atoms with van der Waals surface area (Å²) in [6.07, 6.45) is 5.47. The summed E-state index contributed by atoms with van der Waals surface area (Å²) < 4.78 is 10.4. The van der Waals surface area contributed by atoms with E-state index in [9.17, 15) is 9.59 Å². The summed E-state index contributed by atoms with van der Waals surface area (Å²) in [5.74, 6) is 0.496. The quantitative estimate of drug-likeness (QED) is 0.531. The molecule has 0 bridgehead atoms. The van der Waals surface area contributed by atoms with Crippen LogP contribution in [0.5, 0.6) is 0 Å². The van der Waals surface area contributed by atoms with Crippen LogP contribution in [-0.4, -0.2) is 25.2 Å². The van der Waals surface area contributed by atoms with Gasteiger partial charge in [-0.05, 0) is 50.9 Å². The fourth-order valence-corrected chi connectivity index (χ4v) is 2.37. The van der Waals surface area contributed by atoms with Crippen molar-refractivity contribution in [3.05, 3.63) is 12.2 Å². The minimum Gasteiger partial charge on any atom is -0.465 e. The maximum absolute atomic E-state index is 11.3. The molecule has 0 radical (unpaired) electrons. The van der Waals surface area contributed by atoms with Crippen LogP contribution < -0.4 is 0 Å². The van der Waals surface area contributed by atoms with Crippen molar-refractivity contribution in [3.63, 3.8) is 0 Å². The van der Waals surface area contributed by atoms with E-state index in [-0.39, 0.29) is 11.9 Å². The molecular formula is C16H26O4. The largest absolute Gasteiger partial charge is 0.465 e. The minimum absolute atomic E-state index is 0.0926. The Morgan fingerprint density at radius 1 is 1.05 bits per heavy atom. The van der Waals surface area contributed by atoms with Crippen LogP contribution in [0.1, 0.15) is 52.4 Å². The molecular weight excluding hydrogens is 256 g/mol. The van der Waals surface area contributed by atoms with Crippen LogP contribution in [0.2, 0.25) is 0 Å². The second kappa shape index (κ2) is 8.77. The number of carbonyl (C=O) groups excluding carboxylic acids is 2. The van der Waals surface area contributed by atoms with Crippen molar-refractivity contribution in [2.24, 2.45) is 11.8 Å². The molecule has 1 aliphatic rings. The third-order valence-corrected chi connectivity index (χ3v) is 3.70. The Labute approximate surface area is 121 Å². The Hall–Kier alpha value is -1.32. The molecule has 0 atom stereocenters. The lowest BCUT2D eigenvalue weighted by atomic mass is 9.83. The van der Waals surface area contributed by atoms with Crippen LogP contribution in [0.15, 0.2) is 12.2 Å². The molecule has 0 heterocycles. The van der Waals surface area contributed by atoms with Crippen LogP contribution in [0, 0.1) is 11.8 Å². The SMILES string of the molecule is C=C(C)C(=O)OCC1CCC(COC(=O)CCC)CC1. The number of rotatable bonds is 7. The topological polar surface area (TPSA) is 52.6 Å². The van der Waals surface area contributed by atoms with Gasteiger partial charge in [-0.15, -0.1) is 0 Å². The first-order valence-corrected chi connectivity index (χ1v) is 7.51. The first-order valence-electron chi connectivity index (χ1n) is 7.51. The van der Waals surface area contributed by atoms with E-state index < -0.39 is 0 Å². The Morgan fingerprint density at radius 2 is 1.55 bits per heavy atom. The molecule has 1 saturated carbocycles. The van der Waals surface area contributed by atoms with Crippen molar-refractivity contribution < 1.29 is 19.1 Å². The highest BCUT2D eigenvalue weighted by atomic mass is 16.5. The van der Waals surface area contributed by atoms with Gasteiger partial charge in [0.25, 0.3) is 0 Å². The highest BCUT2D eigenvalue weighted by Gasteiger charge is 2.23. The molecule has 0 aliphatic heterocycles. The Kier molecular flexibility index (Phi) is 7.34. The van der Waals surface area contributed by atoms with Crippen molar-refractivity contribution >= 4 is 11.9 Å². The maximum atomic E-state index is 11.3. The van der Waals surface area contributed by atoms with Gasteiger partial charge in [-0.25, -0.2) is 4.79 Å². The first kappa shape index (κ1) is 16.7. The number of hydrogen-bond donors (Lipinski definition) is 0. The van der Waals surface area contributed by atoms with Crippen molar-refractivity contribution in [1.29, 1.82) is 0 Å². The molecule has 1 fully saturated rings. The first-order chi connectivity index (χ1) is 9.52. The Bertz CT molecular complexity index is 340. The fourth-order valence-electron chi connectivity index (χ4n) is 2.37. The van der Waals surface area contributed by atoms with Gasteiger partial charge in [-0.1, -0.05) is 13.5 Å². The average Bonchev–Trinajstić information content (AvgIpc) is 2.43. The molecule has 0 aromatic carbocycles. The van der Waals surface area contributed by atoms with E-state index in [1.54, 1.807) is 6.92 Å². The molecule has 0 spiro atoms. The minimum atomic E-state index is -0.305. The molecule has 0 unspecified atom stereocenters. The molecule has 4 heteroatoms. The zero-order chi connectivity index (χ0) is 15.0. The summed E-state index contributed by atoms with van der Waals surface area (Å²) in [6.45, 7) is 8.21. The molecule has 20 heavy (non-hydrogen) atoms. The Balaban J connectivity index is 2.15. The highest BCUT2D eigenvalue weighted by molar-refractivity contribution is 5.86. The third-order valence-electron chi connectivity index (χ3n) is 3.70. The van der Waals surface area contributed by atoms with E-state index in [1.165, 1.54) is 0 Å². The van der Waals surface area contributed by atoms with Gasteiger partial charge in [-0.3, -0.25) is 4.79 Å². The van der Waals surface area contributed by atoms with Crippen LogP contribution >= 0.6 is 0 Å². The molecule has 1 aliphatic carbocycles. The van der Waals surface area contributed by atoms with Gasteiger partial charge < -0.3 is 9.47 Å². The molecule has 0 aromatic heterocycles. The van der Waals surface area contributed by atoms with E-state index in [2.05, 4.69) is 6.58 Å². The van der Waals surface area contributed by atoms with Gasteiger partial charge in [0.1, 0.15) is 0 Å². The monoisotopic (exact) mass is 282 g/mol. The molecule has 1 rings (SSSR count). The summed E-state index contributed by atoms with van der Waals surface area (Å²) in [7, 11) is 0. The molecule has 0 N–H and O–H groups in total. The lowest BCUT2D eigenvalue weighted by molar-refractivity contribution is -0.146. The second-order valence-corrected chi connectivity index (χ2v) is 5.70. The summed E-state index contributed by atoms with van der Waals surface area (Å²) in [5.41, 5.74) is 0.446. The summed E-state index contributed by atoms with van der Waals surface area (Å²) in [4.78, 5) is 22.6. The maximum Gasteiger partial charge on any atom is 0.333 e. The summed E-state index contributed by atoms with van der Waals surface area (Å²) >= 11 is 0. The number of ether oxygens (including phenoxy) is 2. The van der Waals surface area contributed by atoms with Gasteiger partial charge in [0.15, 0.2) is 0 Å². The lowest BCUT2D eigenvalue weighted by Crippen LogP contribution is -2.24. The molecule has 4 nitrogen and oxygen atoms in total. The van der Waals surface area contributed by atoms with Gasteiger partial charge in [0.2, 0.25) is 0 Å². The van der Waals surface area contributed by atoms with E-state index in [4.69, 9.17) is 9.47 Å². The van der Waals surface area contributed by atoms with Crippen molar-refractivity contribution in [1.82, 2.24) is 0 Å². The number of carbonyl (C=O) groups is 2. The number of esters is 2. The van der Waals surface area contributed by atoms with Crippen molar-refractivity contribution in [2.45, 2.75) is 52.4 Å². The van der Waals surface area contributed by atoms with E-state index in [0.717, 1.165) is 32.1 Å². The summed E-state index contributed by atoms with van der Waals surface area (Å²) in [6, 6.07) is 0. The van der Waals surface area contributed by atoms with Gasteiger partial charge in [-0.2, -0.15) is 0 Å². The zero-order valence-electron chi connectivity index (χ0n) is 12.7. The van der Waals surface area contributed by atoms with Crippen LogP contribution in [0.25, 0.3) is 0 Å². The van der Waals surface area contributed by atoms with Crippen LogP contribution in [-0.2, 0) is 19.1 Å². The molecule has 0 amide bonds. The predicted molar refractivity (Wildman–Crippen MR) is 77.1 cm³/mol. The third kappa shape index (κ3) is 6.22. The highest BCUT2D eigenvalue weighted by Crippen LogP contribution is 2.29. The normalized spacial score (nSPS) is 22.1. The van der Waals surface area contributed by atoms with Crippen LogP contribution in [0.3, 0.4) is 0 Å². The van der Waals surface area contributed by atoms with Gasteiger partial charge in [0, 0.05) is 12.0 Å².